The molecule has 4 nitrogen and oxygen atoms in total. The molecular formula is C16H26N2O2. The van der Waals surface area contributed by atoms with E-state index in [0.717, 1.165) is 23.3 Å². The third-order valence-electron chi connectivity index (χ3n) is 3.77. The first-order chi connectivity index (χ1) is 9.30. The molecule has 1 aromatic rings. The van der Waals surface area contributed by atoms with Crippen molar-refractivity contribution in [3.8, 4) is 5.75 Å². The molecule has 1 atom stereocenters. The molecule has 20 heavy (non-hydrogen) atoms. The highest BCUT2D eigenvalue weighted by Gasteiger charge is 2.28. The highest BCUT2D eigenvalue weighted by atomic mass is 16.5. The van der Waals surface area contributed by atoms with Crippen LogP contribution in [-0.4, -0.2) is 25.1 Å². The van der Waals surface area contributed by atoms with E-state index in [1.165, 1.54) is 5.56 Å². The number of primary amides is 1. The van der Waals surface area contributed by atoms with Gasteiger partial charge in [0.05, 0.1) is 12.1 Å². The summed E-state index contributed by atoms with van der Waals surface area (Å²) in [5, 5.41) is 2.98. The van der Waals surface area contributed by atoms with Gasteiger partial charge in [-0.2, -0.15) is 0 Å². The Morgan fingerprint density at radius 3 is 2.30 bits per heavy atom. The van der Waals surface area contributed by atoms with Crippen LogP contribution in [0.5, 0.6) is 5.75 Å². The molecule has 1 aromatic carbocycles. The van der Waals surface area contributed by atoms with Crippen LogP contribution in [0.25, 0.3) is 0 Å². The molecule has 0 aliphatic carbocycles. The lowest BCUT2D eigenvalue weighted by molar-refractivity contribution is -0.123. The van der Waals surface area contributed by atoms with Gasteiger partial charge in [0.15, 0.2) is 0 Å². The van der Waals surface area contributed by atoms with Crippen LogP contribution in [0.4, 0.5) is 0 Å². The number of carbonyl (C=O) groups is 1. The minimum absolute atomic E-state index is 0.331. The number of aryl methyl sites for hydroxylation is 3. The number of nitrogens with one attached hydrogen (secondary N) is 1. The van der Waals surface area contributed by atoms with Gasteiger partial charge in [-0.25, -0.2) is 0 Å². The maximum Gasteiger partial charge on any atom is 0.237 e. The number of amides is 1. The average Bonchev–Trinajstić information content (AvgIpc) is 2.36. The van der Waals surface area contributed by atoms with Crippen LogP contribution in [0.2, 0.25) is 0 Å². The van der Waals surface area contributed by atoms with Crippen LogP contribution in [0.15, 0.2) is 12.1 Å². The third kappa shape index (κ3) is 3.97. The Bertz CT molecular complexity index is 462. The number of hydrogen-bond acceptors (Lipinski definition) is 3. The lowest BCUT2D eigenvalue weighted by Gasteiger charge is -2.25. The zero-order valence-electron chi connectivity index (χ0n) is 13.2. The fourth-order valence-corrected chi connectivity index (χ4v) is 2.37. The second-order valence-corrected chi connectivity index (χ2v) is 5.63. The second kappa shape index (κ2) is 6.75. The minimum atomic E-state index is -0.666. The largest absolute Gasteiger partial charge is 0.493 e. The van der Waals surface area contributed by atoms with Crippen LogP contribution in [0.3, 0.4) is 0 Å². The van der Waals surface area contributed by atoms with Crippen LogP contribution in [0, 0.1) is 20.8 Å². The molecule has 4 heteroatoms. The quantitative estimate of drug-likeness (QED) is 0.752. The van der Waals surface area contributed by atoms with E-state index >= 15 is 0 Å². The number of hydrogen-bond donors (Lipinski definition) is 2. The van der Waals surface area contributed by atoms with Crippen molar-refractivity contribution in [1.29, 1.82) is 0 Å². The molecule has 0 aromatic heterocycles. The lowest BCUT2D eigenvalue weighted by Crippen LogP contribution is -2.51. The maximum absolute atomic E-state index is 11.4. The first-order valence-corrected chi connectivity index (χ1v) is 6.99. The van der Waals surface area contributed by atoms with Crippen LogP contribution < -0.4 is 15.8 Å². The number of carbonyl (C=O) groups excluding carboxylic acids is 1. The Morgan fingerprint density at radius 1 is 1.30 bits per heavy atom. The molecule has 0 saturated heterocycles. The molecular weight excluding hydrogens is 252 g/mol. The Hall–Kier alpha value is -1.55. The van der Waals surface area contributed by atoms with Crippen molar-refractivity contribution < 1.29 is 9.53 Å². The number of benzene rings is 1. The Balaban J connectivity index is 2.56. The van der Waals surface area contributed by atoms with E-state index in [9.17, 15) is 4.79 Å². The van der Waals surface area contributed by atoms with Gasteiger partial charge < -0.3 is 15.8 Å². The molecule has 0 bridgehead atoms. The van der Waals surface area contributed by atoms with Crippen molar-refractivity contribution in [2.24, 2.45) is 5.73 Å². The first-order valence-electron chi connectivity index (χ1n) is 6.99. The summed E-state index contributed by atoms with van der Waals surface area (Å²) in [6.07, 6.45) is 1.43. The van der Waals surface area contributed by atoms with Gasteiger partial charge in [0.1, 0.15) is 5.75 Å². The number of nitrogens with two attached hydrogens (primary N) is 1. The maximum atomic E-state index is 11.4. The third-order valence-corrected chi connectivity index (χ3v) is 3.77. The normalized spacial score (nSPS) is 13.8. The van der Waals surface area contributed by atoms with Crippen molar-refractivity contribution in [3.05, 3.63) is 28.8 Å². The first kappa shape index (κ1) is 16.5. The molecule has 1 unspecified atom stereocenters. The van der Waals surface area contributed by atoms with Gasteiger partial charge in [-0.05, 0) is 58.7 Å². The molecule has 112 valence electrons. The molecule has 0 aliphatic rings. The van der Waals surface area contributed by atoms with Crippen LogP contribution in [-0.2, 0) is 4.79 Å². The zero-order valence-corrected chi connectivity index (χ0v) is 13.2. The summed E-state index contributed by atoms with van der Waals surface area (Å²) in [5.41, 5.74) is 8.27. The SMILES string of the molecule is CNC(C)(CCCOc1c(C)cc(C)cc1C)C(N)=O. The van der Waals surface area contributed by atoms with Gasteiger partial charge in [-0.3, -0.25) is 4.79 Å². The van der Waals surface area contributed by atoms with Gasteiger partial charge in [-0.15, -0.1) is 0 Å². The van der Waals surface area contributed by atoms with Gasteiger partial charge in [0.2, 0.25) is 5.91 Å². The Kier molecular flexibility index (Phi) is 5.57. The fourth-order valence-electron chi connectivity index (χ4n) is 2.37. The fraction of sp³-hybridized carbons (Fsp3) is 0.562. The lowest BCUT2D eigenvalue weighted by atomic mass is 9.95. The molecule has 0 spiro atoms. The molecule has 0 aliphatic heterocycles. The summed E-state index contributed by atoms with van der Waals surface area (Å²) < 4.78 is 5.86. The summed E-state index contributed by atoms with van der Waals surface area (Å²) in [6.45, 7) is 8.58. The highest BCUT2D eigenvalue weighted by Crippen LogP contribution is 2.25. The van der Waals surface area contributed by atoms with Crippen molar-refractivity contribution in [2.45, 2.75) is 46.1 Å². The summed E-state index contributed by atoms with van der Waals surface area (Å²) in [5.74, 6) is 0.614. The van der Waals surface area contributed by atoms with E-state index in [1.807, 2.05) is 6.92 Å². The zero-order chi connectivity index (χ0) is 15.3. The summed E-state index contributed by atoms with van der Waals surface area (Å²) in [6, 6.07) is 4.23. The van der Waals surface area contributed by atoms with E-state index < -0.39 is 5.54 Å². The molecule has 0 radical (unpaired) electrons. The molecule has 0 saturated carbocycles. The van der Waals surface area contributed by atoms with Crippen LogP contribution in [0.1, 0.15) is 36.5 Å². The number of ether oxygens (including phenoxy) is 1. The highest BCUT2D eigenvalue weighted by molar-refractivity contribution is 5.84. The standard InChI is InChI=1S/C16H26N2O2/c1-11-9-12(2)14(13(3)10-11)20-8-6-7-16(4,18-5)15(17)19/h9-10,18H,6-8H2,1-5H3,(H2,17,19). The topological polar surface area (TPSA) is 64.3 Å². The Labute approximate surface area is 121 Å². The predicted molar refractivity (Wildman–Crippen MR) is 82.0 cm³/mol. The summed E-state index contributed by atoms with van der Waals surface area (Å²) in [4.78, 5) is 11.4. The number of likely N-dealkylation sites (N-methyl/N-ethyl adjacent to an activating group) is 1. The minimum Gasteiger partial charge on any atom is -0.493 e. The smallest absolute Gasteiger partial charge is 0.237 e. The van der Waals surface area contributed by atoms with E-state index in [-0.39, 0.29) is 5.91 Å². The van der Waals surface area contributed by atoms with Gasteiger partial charge >= 0.3 is 0 Å². The molecule has 3 N–H and O–H groups in total. The van der Waals surface area contributed by atoms with E-state index in [1.54, 1.807) is 7.05 Å². The van der Waals surface area contributed by atoms with Gasteiger partial charge in [-0.1, -0.05) is 17.7 Å². The molecule has 0 heterocycles. The molecule has 1 rings (SSSR count). The average molecular weight is 278 g/mol. The summed E-state index contributed by atoms with van der Waals surface area (Å²) in [7, 11) is 1.75. The predicted octanol–water partition coefficient (Wildman–Crippen LogP) is 2.23. The second-order valence-electron chi connectivity index (χ2n) is 5.63. The van der Waals surface area contributed by atoms with Gasteiger partial charge in [0.25, 0.3) is 0 Å². The van der Waals surface area contributed by atoms with Crippen molar-refractivity contribution in [2.75, 3.05) is 13.7 Å². The van der Waals surface area contributed by atoms with Crippen molar-refractivity contribution in [3.63, 3.8) is 0 Å². The molecule has 1 amide bonds. The monoisotopic (exact) mass is 278 g/mol. The van der Waals surface area contributed by atoms with Gasteiger partial charge in [0, 0.05) is 0 Å². The molecule has 0 fully saturated rings. The van der Waals surface area contributed by atoms with Crippen molar-refractivity contribution in [1.82, 2.24) is 5.32 Å². The van der Waals surface area contributed by atoms with Crippen LogP contribution >= 0.6 is 0 Å². The summed E-state index contributed by atoms with van der Waals surface area (Å²) >= 11 is 0. The Morgan fingerprint density at radius 2 is 1.85 bits per heavy atom. The van der Waals surface area contributed by atoms with E-state index in [2.05, 4.69) is 38.2 Å². The number of rotatable bonds is 7. The van der Waals surface area contributed by atoms with E-state index in [4.69, 9.17) is 10.5 Å². The van der Waals surface area contributed by atoms with E-state index in [0.29, 0.717) is 13.0 Å². The van der Waals surface area contributed by atoms with Crippen molar-refractivity contribution >= 4 is 5.91 Å².